The second-order valence-corrected chi connectivity index (χ2v) is 3.39. The quantitative estimate of drug-likeness (QED) is 0.718. The van der Waals surface area contributed by atoms with Crippen molar-refractivity contribution < 1.29 is 4.42 Å². The highest BCUT2D eigenvalue weighted by molar-refractivity contribution is 5.76. The highest BCUT2D eigenvalue weighted by atomic mass is 16.4. The van der Waals surface area contributed by atoms with Crippen molar-refractivity contribution >= 4 is 16.8 Å². The Hall–Kier alpha value is -1.75. The monoisotopic (exact) mass is 207 g/mol. The Morgan fingerprint density at radius 3 is 2.93 bits per heavy atom. The van der Waals surface area contributed by atoms with Gasteiger partial charge < -0.3 is 15.9 Å². The number of benzene rings is 1. The molecule has 0 atom stereocenters. The number of nitrogens with two attached hydrogens (primary N) is 2. The van der Waals surface area contributed by atoms with E-state index in [0.717, 1.165) is 11.9 Å². The molecule has 0 spiro atoms. The van der Waals surface area contributed by atoms with Gasteiger partial charge in [-0.3, -0.25) is 4.57 Å². The lowest BCUT2D eigenvalue weighted by Gasteiger charge is -1.99. The molecule has 0 saturated heterocycles. The van der Waals surface area contributed by atoms with Gasteiger partial charge in [0, 0.05) is 18.3 Å². The molecule has 15 heavy (non-hydrogen) atoms. The summed E-state index contributed by atoms with van der Waals surface area (Å²) >= 11 is 0. The average Bonchev–Trinajstić information content (AvgIpc) is 2.50. The molecule has 80 valence electrons. The van der Waals surface area contributed by atoms with Crippen LogP contribution in [-0.2, 0) is 6.54 Å². The van der Waals surface area contributed by atoms with Crippen LogP contribution >= 0.6 is 0 Å². The molecule has 0 amide bonds. The van der Waals surface area contributed by atoms with Gasteiger partial charge in [-0.15, -0.1) is 0 Å². The maximum absolute atomic E-state index is 11.5. The standard InChI is InChI=1S/C10H13N3O2/c11-4-1-5-13-8-3-2-7(12)6-9(8)15-10(13)14/h2-3,6H,1,4-5,11-12H2. The number of nitrogen functional groups attached to an aromatic ring is 1. The Morgan fingerprint density at radius 1 is 1.40 bits per heavy atom. The number of hydrogen-bond acceptors (Lipinski definition) is 4. The molecule has 1 aromatic heterocycles. The SMILES string of the molecule is NCCCn1c(=O)oc2cc(N)ccc21. The minimum atomic E-state index is -0.357. The fraction of sp³-hybridized carbons (Fsp3) is 0.300. The number of nitrogens with zero attached hydrogens (tertiary/aromatic N) is 1. The molecule has 0 aliphatic carbocycles. The van der Waals surface area contributed by atoms with Gasteiger partial charge in [-0.25, -0.2) is 4.79 Å². The second kappa shape index (κ2) is 3.78. The first-order valence-electron chi connectivity index (χ1n) is 4.81. The second-order valence-electron chi connectivity index (χ2n) is 3.39. The number of anilines is 1. The van der Waals surface area contributed by atoms with E-state index in [9.17, 15) is 4.79 Å². The summed E-state index contributed by atoms with van der Waals surface area (Å²) in [5.41, 5.74) is 12.9. The molecule has 1 heterocycles. The van der Waals surface area contributed by atoms with Crippen LogP contribution in [0.3, 0.4) is 0 Å². The number of fused-ring (bicyclic) bond motifs is 1. The van der Waals surface area contributed by atoms with Gasteiger partial charge in [0.05, 0.1) is 5.52 Å². The third-order valence-corrected chi connectivity index (χ3v) is 2.28. The molecule has 2 aromatic rings. The summed E-state index contributed by atoms with van der Waals surface area (Å²) in [6.07, 6.45) is 0.749. The van der Waals surface area contributed by atoms with Gasteiger partial charge in [0.1, 0.15) is 0 Å². The molecule has 0 saturated carbocycles. The van der Waals surface area contributed by atoms with E-state index < -0.39 is 0 Å². The lowest BCUT2D eigenvalue weighted by Crippen LogP contribution is -2.16. The zero-order chi connectivity index (χ0) is 10.8. The van der Waals surface area contributed by atoms with Crippen LogP contribution in [0.15, 0.2) is 27.4 Å². The van der Waals surface area contributed by atoms with Gasteiger partial charge in [-0.05, 0) is 25.1 Å². The Labute approximate surface area is 86.3 Å². The number of aromatic nitrogens is 1. The normalized spacial score (nSPS) is 11.0. The molecule has 1 aromatic carbocycles. The average molecular weight is 207 g/mol. The Morgan fingerprint density at radius 2 is 2.20 bits per heavy atom. The largest absolute Gasteiger partial charge is 0.419 e. The summed E-state index contributed by atoms with van der Waals surface area (Å²) in [6.45, 7) is 1.13. The molecule has 0 radical (unpaired) electrons. The van der Waals surface area contributed by atoms with Crippen molar-refractivity contribution in [2.24, 2.45) is 5.73 Å². The van der Waals surface area contributed by atoms with E-state index in [4.69, 9.17) is 15.9 Å². The summed E-state index contributed by atoms with van der Waals surface area (Å²) in [7, 11) is 0. The van der Waals surface area contributed by atoms with Crippen molar-refractivity contribution in [3.63, 3.8) is 0 Å². The van der Waals surface area contributed by atoms with Gasteiger partial charge in [0.25, 0.3) is 0 Å². The molecule has 5 heteroatoms. The predicted octanol–water partition coefficient (Wildman–Crippen LogP) is 0.525. The maximum atomic E-state index is 11.5. The molecule has 5 nitrogen and oxygen atoms in total. The highest BCUT2D eigenvalue weighted by Gasteiger charge is 2.08. The van der Waals surface area contributed by atoms with E-state index in [2.05, 4.69) is 0 Å². The summed E-state index contributed by atoms with van der Waals surface area (Å²) in [5, 5.41) is 0. The summed E-state index contributed by atoms with van der Waals surface area (Å²) < 4.78 is 6.63. The number of hydrogen-bond donors (Lipinski definition) is 2. The fourth-order valence-corrected chi connectivity index (χ4v) is 1.54. The smallest absolute Gasteiger partial charge is 0.408 e. The van der Waals surface area contributed by atoms with Crippen molar-refractivity contribution in [1.82, 2.24) is 4.57 Å². The molecule has 4 N–H and O–H groups in total. The molecule has 0 unspecified atom stereocenters. The topological polar surface area (TPSA) is 87.2 Å². The van der Waals surface area contributed by atoms with Crippen LogP contribution in [0.1, 0.15) is 6.42 Å². The summed E-state index contributed by atoms with van der Waals surface area (Å²) in [5.74, 6) is -0.357. The van der Waals surface area contributed by atoms with Gasteiger partial charge in [-0.1, -0.05) is 0 Å². The van der Waals surface area contributed by atoms with Gasteiger partial charge >= 0.3 is 5.76 Å². The van der Waals surface area contributed by atoms with Crippen molar-refractivity contribution in [3.05, 3.63) is 28.7 Å². The van der Waals surface area contributed by atoms with Crippen LogP contribution in [-0.4, -0.2) is 11.1 Å². The number of aryl methyl sites for hydroxylation is 1. The fourth-order valence-electron chi connectivity index (χ4n) is 1.54. The molecule has 0 aliphatic heterocycles. The molecule has 0 fully saturated rings. The minimum Gasteiger partial charge on any atom is -0.408 e. The molecule has 2 rings (SSSR count). The zero-order valence-electron chi connectivity index (χ0n) is 8.27. The lowest BCUT2D eigenvalue weighted by molar-refractivity contribution is 0.499. The van der Waals surface area contributed by atoms with E-state index >= 15 is 0 Å². The first-order valence-corrected chi connectivity index (χ1v) is 4.81. The molecule has 0 aliphatic rings. The third kappa shape index (κ3) is 1.73. The first kappa shape index (κ1) is 9.79. The number of rotatable bonds is 3. The van der Waals surface area contributed by atoms with E-state index in [0.29, 0.717) is 24.4 Å². The zero-order valence-corrected chi connectivity index (χ0v) is 8.27. The maximum Gasteiger partial charge on any atom is 0.419 e. The van der Waals surface area contributed by atoms with Crippen LogP contribution in [0.2, 0.25) is 0 Å². The predicted molar refractivity (Wildman–Crippen MR) is 58.6 cm³/mol. The minimum absolute atomic E-state index is 0.357. The number of oxazole rings is 1. The van der Waals surface area contributed by atoms with Gasteiger partial charge in [0.2, 0.25) is 0 Å². The van der Waals surface area contributed by atoms with Crippen LogP contribution in [0, 0.1) is 0 Å². The Bertz CT molecular complexity index is 527. The van der Waals surface area contributed by atoms with Crippen LogP contribution in [0.4, 0.5) is 5.69 Å². The van der Waals surface area contributed by atoms with E-state index in [1.807, 2.05) is 0 Å². The van der Waals surface area contributed by atoms with Crippen molar-refractivity contribution in [3.8, 4) is 0 Å². The van der Waals surface area contributed by atoms with Crippen LogP contribution in [0.5, 0.6) is 0 Å². The van der Waals surface area contributed by atoms with E-state index in [-0.39, 0.29) is 5.76 Å². The van der Waals surface area contributed by atoms with Crippen LogP contribution in [0.25, 0.3) is 11.1 Å². The first-order chi connectivity index (χ1) is 7.22. The Kier molecular flexibility index (Phi) is 2.47. The summed E-state index contributed by atoms with van der Waals surface area (Å²) in [6, 6.07) is 5.18. The molecule has 0 bridgehead atoms. The highest BCUT2D eigenvalue weighted by Crippen LogP contribution is 2.16. The van der Waals surface area contributed by atoms with Gasteiger partial charge in [-0.2, -0.15) is 0 Å². The summed E-state index contributed by atoms with van der Waals surface area (Å²) in [4.78, 5) is 11.5. The Balaban J connectivity index is 2.53. The van der Waals surface area contributed by atoms with Gasteiger partial charge in [0.15, 0.2) is 5.58 Å². The lowest BCUT2D eigenvalue weighted by atomic mass is 10.3. The van der Waals surface area contributed by atoms with Crippen molar-refractivity contribution in [2.45, 2.75) is 13.0 Å². The molecular formula is C10H13N3O2. The van der Waals surface area contributed by atoms with Crippen molar-refractivity contribution in [2.75, 3.05) is 12.3 Å². The third-order valence-electron chi connectivity index (χ3n) is 2.28. The van der Waals surface area contributed by atoms with Crippen LogP contribution < -0.4 is 17.2 Å². The van der Waals surface area contributed by atoms with E-state index in [1.54, 1.807) is 22.8 Å². The van der Waals surface area contributed by atoms with E-state index in [1.165, 1.54) is 0 Å². The van der Waals surface area contributed by atoms with Crippen molar-refractivity contribution in [1.29, 1.82) is 0 Å². The molecular weight excluding hydrogens is 194 g/mol.